The summed E-state index contributed by atoms with van der Waals surface area (Å²) >= 11 is 6.40. The van der Waals surface area contributed by atoms with E-state index in [9.17, 15) is 13.2 Å². The van der Waals surface area contributed by atoms with E-state index in [1.165, 1.54) is 12.1 Å². The van der Waals surface area contributed by atoms with Crippen LogP contribution in [-0.4, -0.2) is 5.51 Å². The van der Waals surface area contributed by atoms with E-state index in [0.717, 1.165) is 10.2 Å². The van der Waals surface area contributed by atoms with Gasteiger partial charge in [0.1, 0.15) is 5.76 Å². The fraction of sp³-hybridized carbons (Fsp3) is 0.167. The Balaban J connectivity index is 1.94. The van der Waals surface area contributed by atoms with Crippen molar-refractivity contribution in [2.24, 2.45) is 0 Å². The second kappa shape index (κ2) is 6.44. The molecule has 0 bridgehead atoms. The molecule has 1 aromatic carbocycles. The van der Waals surface area contributed by atoms with Gasteiger partial charge in [-0.15, -0.1) is 0 Å². The van der Waals surface area contributed by atoms with Gasteiger partial charge in [-0.25, -0.2) is 0 Å². The number of halogens is 5. The Bertz CT molecular complexity index is 564. The third kappa shape index (κ3) is 4.75. The first kappa shape index (κ1) is 15.8. The number of thioether (sulfide) groups is 1. The average molecular weight is 431 g/mol. The van der Waals surface area contributed by atoms with Gasteiger partial charge in [0, 0.05) is 10.6 Å². The molecule has 0 atom stereocenters. The average Bonchev–Trinajstić information content (AvgIpc) is 2.66. The largest absolute Gasteiger partial charge is 0.451 e. The molecule has 0 saturated carbocycles. The van der Waals surface area contributed by atoms with E-state index in [4.69, 9.17) is 4.42 Å². The van der Waals surface area contributed by atoms with Crippen LogP contribution in [0.3, 0.4) is 0 Å². The van der Waals surface area contributed by atoms with Crippen LogP contribution < -0.4 is 5.32 Å². The standard InChI is InChI=1S/C12H8Br2F3NOS/c13-10-5-8(19-11(10)14)6-18-7-1-3-9(4-2-7)20-12(15,16)17/h1-5,18H,6H2. The van der Waals surface area contributed by atoms with Gasteiger partial charge in [0.2, 0.25) is 0 Å². The third-order valence-electron chi connectivity index (χ3n) is 2.25. The van der Waals surface area contributed by atoms with Crippen molar-refractivity contribution in [2.45, 2.75) is 16.9 Å². The Morgan fingerprint density at radius 3 is 2.30 bits per heavy atom. The monoisotopic (exact) mass is 429 g/mol. The second-order valence-corrected chi connectivity index (χ2v) is 6.47. The Morgan fingerprint density at radius 1 is 1.15 bits per heavy atom. The van der Waals surface area contributed by atoms with Gasteiger partial charge >= 0.3 is 5.51 Å². The first-order valence-corrected chi connectivity index (χ1v) is 7.77. The van der Waals surface area contributed by atoms with E-state index >= 15 is 0 Å². The fourth-order valence-electron chi connectivity index (χ4n) is 1.44. The Labute approximate surface area is 134 Å². The lowest BCUT2D eigenvalue weighted by molar-refractivity contribution is -0.0328. The topological polar surface area (TPSA) is 25.2 Å². The number of rotatable bonds is 4. The number of hydrogen-bond donors (Lipinski definition) is 1. The molecule has 0 amide bonds. The molecule has 0 fully saturated rings. The number of benzene rings is 1. The number of anilines is 1. The zero-order chi connectivity index (χ0) is 14.8. The minimum absolute atomic E-state index is 0.129. The van der Waals surface area contributed by atoms with Gasteiger partial charge in [0.25, 0.3) is 0 Å². The van der Waals surface area contributed by atoms with Gasteiger partial charge in [-0.3, -0.25) is 0 Å². The highest BCUT2D eigenvalue weighted by molar-refractivity contribution is 9.13. The maximum absolute atomic E-state index is 12.2. The van der Waals surface area contributed by atoms with Gasteiger partial charge in [0.05, 0.1) is 11.0 Å². The summed E-state index contributed by atoms with van der Waals surface area (Å²) in [6.07, 6.45) is 0. The summed E-state index contributed by atoms with van der Waals surface area (Å²) in [6, 6.07) is 7.86. The third-order valence-corrected chi connectivity index (χ3v) is 4.70. The highest BCUT2D eigenvalue weighted by Gasteiger charge is 2.28. The lowest BCUT2D eigenvalue weighted by Crippen LogP contribution is -2.00. The molecular formula is C12H8Br2F3NOS. The lowest BCUT2D eigenvalue weighted by atomic mass is 10.3. The first-order chi connectivity index (χ1) is 9.33. The molecule has 0 radical (unpaired) electrons. The second-order valence-electron chi connectivity index (χ2n) is 3.76. The minimum atomic E-state index is -4.26. The Kier molecular flexibility index (Phi) is 5.09. The van der Waals surface area contributed by atoms with E-state index in [2.05, 4.69) is 37.2 Å². The molecule has 108 valence electrons. The van der Waals surface area contributed by atoms with Crippen LogP contribution in [0.1, 0.15) is 5.76 Å². The summed E-state index contributed by atoms with van der Waals surface area (Å²) in [5.41, 5.74) is -3.54. The Morgan fingerprint density at radius 2 is 1.80 bits per heavy atom. The van der Waals surface area contributed by atoms with Gasteiger partial charge in [0.15, 0.2) is 4.67 Å². The molecule has 2 nitrogen and oxygen atoms in total. The summed E-state index contributed by atoms with van der Waals surface area (Å²) < 4.78 is 43.3. The number of hydrogen-bond acceptors (Lipinski definition) is 3. The molecule has 1 heterocycles. The number of alkyl halides is 3. The summed E-state index contributed by atoms with van der Waals surface area (Å²) in [7, 11) is 0. The van der Waals surface area contributed by atoms with Crippen molar-refractivity contribution in [3.63, 3.8) is 0 Å². The van der Waals surface area contributed by atoms with Crippen LogP contribution in [0.5, 0.6) is 0 Å². The molecule has 20 heavy (non-hydrogen) atoms. The molecule has 0 aliphatic heterocycles. The Hall–Kier alpha value is -0.600. The number of nitrogens with one attached hydrogen (secondary N) is 1. The molecule has 1 N–H and O–H groups in total. The van der Waals surface area contributed by atoms with Crippen molar-refractivity contribution >= 4 is 49.3 Å². The molecule has 0 unspecified atom stereocenters. The van der Waals surface area contributed by atoms with Gasteiger partial charge < -0.3 is 9.73 Å². The lowest BCUT2D eigenvalue weighted by Gasteiger charge is -2.07. The van der Waals surface area contributed by atoms with E-state index in [1.54, 1.807) is 12.1 Å². The predicted molar refractivity (Wildman–Crippen MR) is 79.8 cm³/mol. The summed E-state index contributed by atoms with van der Waals surface area (Å²) in [5.74, 6) is 0.706. The summed E-state index contributed by atoms with van der Waals surface area (Å²) in [6.45, 7) is 0.440. The molecule has 8 heteroatoms. The predicted octanol–water partition coefficient (Wildman–Crippen LogP) is 6.03. The summed E-state index contributed by atoms with van der Waals surface area (Å²) in [5, 5.41) is 3.07. The SMILES string of the molecule is FC(F)(F)Sc1ccc(NCc2cc(Br)c(Br)o2)cc1. The van der Waals surface area contributed by atoms with Crippen LogP contribution in [0, 0.1) is 0 Å². The van der Waals surface area contributed by atoms with Crippen LogP contribution in [0.4, 0.5) is 18.9 Å². The smallest absolute Gasteiger partial charge is 0.446 e. The highest BCUT2D eigenvalue weighted by Crippen LogP contribution is 2.37. The minimum Gasteiger partial charge on any atom is -0.451 e. The van der Waals surface area contributed by atoms with Gasteiger partial charge in [-0.2, -0.15) is 13.2 Å². The van der Waals surface area contributed by atoms with Crippen LogP contribution >= 0.6 is 43.6 Å². The van der Waals surface area contributed by atoms with Crippen molar-refractivity contribution < 1.29 is 17.6 Å². The van der Waals surface area contributed by atoms with Crippen LogP contribution in [0.15, 0.2) is 48.8 Å². The van der Waals surface area contributed by atoms with Crippen molar-refractivity contribution in [3.05, 3.63) is 45.2 Å². The maximum atomic E-state index is 12.2. The zero-order valence-electron chi connectivity index (χ0n) is 9.80. The van der Waals surface area contributed by atoms with Crippen molar-refractivity contribution in [1.82, 2.24) is 0 Å². The van der Waals surface area contributed by atoms with Crippen LogP contribution in [0.2, 0.25) is 0 Å². The zero-order valence-corrected chi connectivity index (χ0v) is 13.8. The van der Waals surface area contributed by atoms with E-state index in [1.807, 2.05) is 6.07 Å². The highest BCUT2D eigenvalue weighted by atomic mass is 79.9. The van der Waals surface area contributed by atoms with Crippen molar-refractivity contribution in [1.29, 1.82) is 0 Å². The van der Waals surface area contributed by atoms with E-state index in [0.29, 0.717) is 17.0 Å². The molecule has 0 aliphatic carbocycles. The van der Waals surface area contributed by atoms with Crippen LogP contribution in [-0.2, 0) is 6.54 Å². The van der Waals surface area contributed by atoms with E-state index < -0.39 is 5.51 Å². The molecule has 0 saturated heterocycles. The van der Waals surface area contributed by atoms with Crippen LogP contribution in [0.25, 0.3) is 0 Å². The van der Waals surface area contributed by atoms with Crippen molar-refractivity contribution in [2.75, 3.05) is 5.32 Å². The maximum Gasteiger partial charge on any atom is 0.446 e. The normalized spacial score (nSPS) is 11.7. The fourth-order valence-corrected chi connectivity index (χ4v) is 2.64. The number of furan rings is 1. The quantitative estimate of drug-likeness (QED) is 0.599. The molecule has 2 aromatic rings. The molecule has 0 spiro atoms. The van der Waals surface area contributed by atoms with Crippen molar-refractivity contribution in [3.8, 4) is 0 Å². The molecule has 0 aliphatic rings. The summed E-state index contributed by atoms with van der Waals surface area (Å²) in [4.78, 5) is 0.159. The molecule has 1 aromatic heterocycles. The van der Waals surface area contributed by atoms with Gasteiger partial charge in [-0.05, 0) is 74.0 Å². The van der Waals surface area contributed by atoms with E-state index in [-0.39, 0.29) is 16.7 Å². The molecular weight excluding hydrogens is 423 g/mol. The molecule has 2 rings (SSSR count). The first-order valence-electron chi connectivity index (χ1n) is 5.37. The van der Waals surface area contributed by atoms with Gasteiger partial charge in [-0.1, -0.05) is 0 Å².